The molecule has 1 aliphatic rings. The normalized spacial score (nSPS) is 19.4. The van der Waals surface area contributed by atoms with Crippen molar-refractivity contribution in [2.45, 2.75) is 32.3 Å². The van der Waals surface area contributed by atoms with Crippen LogP contribution in [0.3, 0.4) is 0 Å². The minimum atomic E-state index is 0.0425. The molecule has 1 saturated heterocycles. The van der Waals surface area contributed by atoms with E-state index in [0.717, 1.165) is 44.8 Å². The largest absolute Gasteiger partial charge is 0.399 e. The SMILES string of the molecule is CCC1CN(CCCC(=O)Nc2cccc(N)c2)CCO1. The van der Waals surface area contributed by atoms with Gasteiger partial charge in [0.15, 0.2) is 0 Å². The molecule has 1 unspecified atom stereocenters. The number of nitrogens with one attached hydrogen (secondary N) is 1. The van der Waals surface area contributed by atoms with E-state index in [1.54, 1.807) is 12.1 Å². The zero-order valence-corrected chi connectivity index (χ0v) is 12.7. The van der Waals surface area contributed by atoms with Gasteiger partial charge in [-0.25, -0.2) is 0 Å². The molecule has 21 heavy (non-hydrogen) atoms. The molecule has 0 aromatic heterocycles. The minimum Gasteiger partial charge on any atom is -0.399 e. The van der Waals surface area contributed by atoms with Crippen molar-refractivity contribution in [3.8, 4) is 0 Å². The van der Waals surface area contributed by atoms with Crippen LogP contribution in [0.4, 0.5) is 11.4 Å². The molecule has 5 heteroatoms. The van der Waals surface area contributed by atoms with Crippen molar-refractivity contribution in [2.24, 2.45) is 0 Å². The maximum absolute atomic E-state index is 11.9. The molecule has 1 aliphatic heterocycles. The summed E-state index contributed by atoms with van der Waals surface area (Å²) in [5.41, 5.74) is 7.11. The third-order valence-corrected chi connectivity index (χ3v) is 3.73. The highest BCUT2D eigenvalue weighted by atomic mass is 16.5. The number of amides is 1. The van der Waals surface area contributed by atoms with E-state index in [-0.39, 0.29) is 5.91 Å². The average Bonchev–Trinajstić information content (AvgIpc) is 2.47. The van der Waals surface area contributed by atoms with Crippen LogP contribution in [0.5, 0.6) is 0 Å². The highest BCUT2D eigenvalue weighted by Gasteiger charge is 2.18. The van der Waals surface area contributed by atoms with Crippen molar-refractivity contribution in [3.05, 3.63) is 24.3 Å². The van der Waals surface area contributed by atoms with Crippen molar-refractivity contribution in [1.82, 2.24) is 4.90 Å². The maximum atomic E-state index is 11.9. The fourth-order valence-electron chi connectivity index (χ4n) is 2.53. The summed E-state index contributed by atoms with van der Waals surface area (Å²) < 4.78 is 5.64. The molecule has 0 aliphatic carbocycles. The second-order valence-electron chi connectivity index (χ2n) is 5.48. The predicted octanol–water partition coefficient (Wildman–Crippen LogP) is 2.10. The zero-order chi connectivity index (χ0) is 15.1. The van der Waals surface area contributed by atoms with Crippen LogP contribution in [0.15, 0.2) is 24.3 Å². The molecule has 1 atom stereocenters. The first-order chi connectivity index (χ1) is 10.2. The van der Waals surface area contributed by atoms with Crippen LogP contribution in [0, 0.1) is 0 Å². The van der Waals surface area contributed by atoms with Gasteiger partial charge in [-0.2, -0.15) is 0 Å². The Labute approximate surface area is 126 Å². The van der Waals surface area contributed by atoms with Crippen LogP contribution in [-0.4, -0.2) is 43.2 Å². The summed E-state index contributed by atoms with van der Waals surface area (Å²) in [6.07, 6.45) is 2.79. The monoisotopic (exact) mass is 291 g/mol. The number of benzene rings is 1. The molecule has 116 valence electrons. The van der Waals surface area contributed by atoms with Crippen molar-refractivity contribution >= 4 is 17.3 Å². The molecule has 1 aromatic rings. The number of nitrogen functional groups attached to an aromatic ring is 1. The van der Waals surface area contributed by atoms with Crippen LogP contribution in [0.25, 0.3) is 0 Å². The van der Waals surface area contributed by atoms with Crippen LogP contribution in [0.2, 0.25) is 0 Å². The van der Waals surface area contributed by atoms with Gasteiger partial charge in [0.25, 0.3) is 0 Å². The summed E-state index contributed by atoms with van der Waals surface area (Å²) in [6.45, 7) is 5.84. The van der Waals surface area contributed by atoms with Crippen molar-refractivity contribution in [2.75, 3.05) is 37.3 Å². The first-order valence-electron chi connectivity index (χ1n) is 7.66. The Bertz CT molecular complexity index is 465. The van der Waals surface area contributed by atoms with Crippen molar-refractivity contribution in [3.63, 3.8) is 0 Å². The number of nitrogens with zero attached hydrogens (tertiary/aromatic N) is 1. The second-order valence-corrected chi connectivity index (χ2v) is 5.48. The Morgan fingerprint density at radius 2 is 2.38 bits per heavy atom. The first-order valence-corrected chi connectivity index (χ1v) is 7.66. The molecule has 1 aromatic carbocycles. The number of anilines is 2. The number of hydrogen-bond acceptors (Lipinski definition) is 4. The van der Waals surface area contributed by atoms with Gasteiger partial charge in [0.1, 0.15) is 0 Å². The summed E-state index contributed by atoms with van der Waals surface area (Å²) in [5.74, 6) is 0.0425. The van der Waals surface area contributed by atoms with Gasteiger partial charge >= 0.3 is 0 Å². The van der Waals surface area contributed by atoms with E-state index in [1.807, 2.05) is 12.1 Å². The minimum absolute atomic E-state index is 0.0425. The molecule has 0 radical (unpaired) electrons. The molecule has 1 fully saturated rings. The third-order valence-electron chi connectivity index (χ3n) is 3.73. The quantitative estimate of drug-likeness (QED) is 0.788. The molecular formula is C16H25N3O2. The molecule has 0 spiro atoms. The smallest absolute Gasteiger partial charge is 0.224 e. The Kier molecular flexibility index (Phi) is 6.02. The average molecular weight is 291 g/mol. The molecule has 2 rings (SSSR count). The van der Waals surface area contributed by atoms with Gasteiger partial charge in [-0.05, 0) is 37.6 Å². The van der Waals surface area contributed by atoms with Crippen LogP contribution in [0.1, 0.15) is 26.2 Å². The fourth-order valence-corrected chi connectivity index (χ4v) is 2.53. The van der Waals surface area contributed by atoms with Crippen LogP contribution < -0.4 is 11.1 Å². The van der Waals surface area contributed by atoms with Gasteiger partial charge < -0.3 is 15.8 Å². The molecule has 0 bridgehead atoms. The second kappa shape index (κ2) is 8.00. The highest BCUT2D eigenvalue weighted by molar-refractivity contribution is 5.91. The van der Waals surface area contributed by atoms with Crippen LogP contribution >= 0.6 is 0 Å². The molecule has 3 N–H and O–H groups in total. The van der Waals surface area contributed by atoms with E-state index in [4.69, 9.17) is 10.5 Å². The molecule has 0 saturated carbocycles. The summed E-state index contributed by atoms with van der Waals surface area (Å²) in [4.78, 5) is 14.3. The Hall–Kier alpha value is -1.59. The summed E-state index contributed by atoms with van der Waals surface area (Å²) in [6, 6.07) is 7.26. The number of ether oxygens (including phenoxy) is 1. The number of carbonyl (C=O) groups excluding carboxylic acids is 1. The van der Waals surface area contributed by atoms with E-state index in [9.17, 15) is 4.79 Å². The lowest BCUT2D eigenvalue weighted by Crippen LogP contribution is -2.42. The molecule has 5 nitrogen and oxygen atoms in total. The maximum Gasteiger partial charge on any atom is 0.224 e. The number of carbonyl (C=O) groups is 1. The molecule has 1 heterocycles. The standard InChI is InChI=1S/C16H25N3O2/c1-2-15-12-19(9-10-21-15)8-4-7-16(20)18-14-6-3-5-13(17)11-14/h3,5-6,11,15H,2,4,7-10,12,17H2,1H3,(H,18,20). The summed E-state index contributed by atoms with van der Waals surface area (Å²) in [5, 5.41) is 2.88. The lowest BCUT2D eigenvalue weighted by molar-refractivity contribution is -0.116. The number of hydrogen-bond donors (Lipinski definition) is 2. The Morgan fingerprint density at radius 3 is 3.14 bits per heavy atom. The summed E-state index contributed by atoms with van der Waals surface area (Å²) in [7, 11) is 0. The van der Waals surface area contributed by atoms with E-state index >= 15 is 0 Å². The van der Waals surface area contributed by atoms with E-state index in [0.29, 0.717) is 18.2 Å². The van der Waals surface area contributed by atoms with Crippen LogP contribution in [-0.2, 0) is 9.53 Å². The lowest BCUT2D eigenvalue weighted by Gasteiger charge is -2.32. The van der Waals surface area contributed by atoms with Gasteiger partial charge in [-0.3, -0.25) is 9.69 Å². The van der Waals surface area contributed by atoms with E-state index in [2.05, 4.69) is 17.1 Å². The van der Waals surface area contributed by atoms with E-state index in [1.165, 1.54) is 0 Å². The Morgan fingerprint density at radius 1 is 1.52 bits per heavy atom. The van der Waals surface area contributed by atoms with Gasteiger partial charge in [0.2, 0.25) is 5.91 Å². The van der Waals surface area contributed by atoms with Gasteiger partial charge in [0, 0.05) is 30.9 Å². The predicted molar refractivity (Wildman–Crippen MR) is 85.2 cm³/mol. The number of morpholine rings is 1. The first kappa shape index (κ1) is 15.8. The zero-order valence-electron chi connectivity index (χ0n) is 12.7. The van der Waals surface area contributed by atoms with Crippen molar-refractivity contribution < 1.29 is 9.53 Å². The molecule has 1 amide bonds. The molecular weight excluding hydrogens is 266 g/mol. The van der Waals surface area contributed by atoms with Gasteiger partial charge in [-0.1, -0.05) is 13.0 Å². The Balaban J connectivity index is 1.67. The lowest BCUT2D eigenvalue weighted by atomic mass is 10.2. The highest BCUT2D eigenvalue weighted by Crippen LogP contribution is 2.13. The van der Waals surface area contributed by atoms with E-state index < -0.39 is 0 Å². The number of rotatable bonds is 6. The fraction of sp³-hybridized carbons (Fsp3) is 0.562. The van der Waals surface area contributed by atoms with Gasteiger partial charge in [0.05, 0.1) is 12.7 Å². The van der Waals surface area contributed by atoms with Gasteiger partial charge in [-0.15, -0.1) is 0 Å². The topological polar surface area (TPSA) is 67.6 Å². The third kappa shape index (κ3) is 5.36. The summed E-state index contributed by atoms with van der Waals surface area (Å²) >= 11 is 0. The van der Waals surface area contributed by atoms with Crippen molar-refractivity contribution in [1.29, 1.82) is 0 Å². The number of nitrogens with two attached hydrogens (primary N) is 1.